The number of aryl methyl sites for hydroxylation is 1. The lowest BCUT2D eigenvalue weighted by atomic mass is 10.0. The molecule has 0 bridgehead atoms. The third kappa shape index (κ3) is 2.24. The van der Waals surface area contributed by atoms with E-state index in [1.807, 2.05) is 25.1 Å². The van der Waals surface area contributed by atoms with Gasteiger partial charge in [-0.15, -0.1) is 0 Å². The molecule has 4 heteroatoms. The zero-order chi connectivity index (χ0) is 11.7. The highest BCUT2D eigenvalue weighted by molar-refractivity contribution is 6.31. The molecule has 1 unspecified atom stereocenters. The maximum Gasteiger partial charge on any atom is 0.193 e. The van der Waals surface area contributed by atoms with Gasteiger partial charge < -0.3 is 10.2 Å². The molecule has 1 aromatic heterocycles. The van der Waals surface area contributed by atoms with Gasteiger partial charge in [0.1, 0.15) is 5.76 Å². The molecule has 2 nitrogen and oxygen atoms in total. The van der Waals surface area contributed by atoms with Crippen LogP contribution in [0.4, 0.5) is 0 Å². The quantitative estimate of drug-likeness (QED) is 0.883. The first kappa shape index (κ1) is 11.5. The molecule has 1 aromatic carbocycles. The summed E-state index contributed by atoms with van der Waals surface area (Å²) in [5.74, 6) is 0.630. The minimum Gasteiger partial charge on any atom is -0.448 e. The van der Waals surface area contributed by atoms with Gasteiger partial charge in [-0.3, -0.25) is 0 Å². The second-order valence-corrected chi connectivity index (χ2v) is 4.41. The van der Waals surface area contributed by atoms with Gasteiger partial charge in [-0.25, -0.2) is 0 Å². The Hall–Kier alpha value is -0.960. The number of furan rings is 1. The van der Waals surface area contributed by atoms with Crippen LogP contribution in [0.2, 0.25) is 10.2 Å². The van der Waals surface area contributed by atoms with Crippen molar-refractivity contribution in [1.82, 2.24) is 0 Å². The summed E-state index contributed by atoms with van der Waals surface area (Å²) >= 11 is 11.7. The van der Waals surface area contributed by atoms with Gasteiger partial charge in [0.15, 0.2) is 5.22 Å². The molecule has 0 radical (unpaired) electrons. The molecule has 0 saturated heterocycles. The summed E-state index contributed by atoms with van der Waals surface area (Å²) in [6.45, 7) is 1.95. The molecule has 1 heterocycles. The standard InChI is InChI=1S/C12H11Cl2NO/c1-7-2-3-8(6-9(7)13)12(15)10-4-5-11(14)16-10/h2-6,12H,15H2,1H3. The first-order valence-corrected chi connectivity index (χ1v) is 5.60. The van der Waals surface area contributed by atoms with Crippen molar-refractivity contribution in [1.29, 1.82) is 0 Å². The predicted molar refractivity (Wildman–Crippen MR) is 65.9 cm³/mol. The molecule has 0 saturated carbocycles. The Kier molecular flexibility index (Phi) is 3.24. The van der Waals surface area contributed by atoms with Gasteiger partial charge in [0.05, 0.1) is 6.04 Å². The van der Waals surface area contributed by atoms with E-state index in [9.17, 15) is 0 Å². The van der Waals surface area contributed by atoms with Crippen LogP contribution in [0.15, 0.2) is 34.7 Å². The van der Waals surface area contributed by atoms with Gasteiger partial charge in [-0.05, 0) is 47.9 Å². The van der Waals surface area contributed by atoms with E-state index in [1.54, 1.807) is 12.1 Å². The lowest BCUT2D eigenvalue weighted by Crippen LogP contribution is -2.10. The van der Waals surface area contributed by atoms with Crippen LogP contribution < -0.4 is 5.73 Å². The highest BCUT2D eigenvalue weighted by Gasteiger charge is 2.13. The van der Waals surface area contributed by atoms with Gasteiger partial charge in [-0.1, -0.05) is 23.7 Å². The summed E-state index contributed by atoms with van der Waals surface area (Å²) < 4.78 is 5.27. The van der Waals surface area contributed by atoms with Gasteiger partial charge in [0.2, 0.25) is 0 Å². The minimum absolute atomic E-state index is 0.337. The molecule has 0 amide bonds. The molecule has 2 aromatic rings. The van der Waals surface area contributed by atoms with E-state index in [0.29, 0.717) is 16.0 Å². The van der Waals surface area contributed by atoms with Crippen LogP contribution in [0.25, 0.3) is 0 Å². The van der Waals surface area contributed by atoms with Crippen LogP contribution in [-0.2, 0) is 0 Å². The average molecular weight is 256 g/mol. The van der Waals surface area contributed by atoms with E-state index in [4.69, 9.17) is 33.4 Å². The molecule has 2 N–H and O–H groups in total. The average Bonchev–Trinajstić information content (AvgIpc) is 2.68. The highest BCUT2D eigenvalue weighted by atomic mass is 35.5. The van der Waals surface area contributed by atoms with Gasteiger partial charge in [-0.2, -0.15) is 0 Å². The lowest BCUT2D eigenvalue weighted by Gasteiger charge is -2.10. The first-order valence-electron chi connectivity index (χ1n) is 4.85. The molecule has 0 aliphatic rings. The number of hydrogen-bond acceptors (Lipinski definition) is 2. The normalized spacial score (nSPS) is 12.8. The SMILES string of the molecule is Cc1ccc(C(N)c2ccc(Cl)o2)cc1Cl. The van der Waals surface area contributed by atoms with E-state index in [2.05, 4.69) is 0 Å². The molecule has 84 valence electrons. The Morgan fingerprint density at radius 3 is 2.50 bits per heavy atom. The van der Waals surface area contributed by atoms with Crippen molar-refractivity contribution in [2.45, 2.75) is 13.0 Å². The van der Waals surface area contributed by atoms with Crippen molar-refractivity contribution < 1.29 is 4.42 Å². The Labute approximate surface area is 104 Å². The maximum atomic E-state index is 6.04. The first-order chi connectivity index (χ1) is 7.58. The summed E-state index contributed by atoms with van der Waals surface area (Å²) in [7, 11) is 0. The summed E-state index contributed by atoms with van der Waals surface area (Å²) in [6, 6.07) is 8.81. The fraction of sp³-hybridized carbons (Fsp3) is 0.167. The van der Waals surface area contributed by atoms with Crippen LogP contribution in [0.3, 0.4) is 0 Å². The van der Waals surface area contributed by atoms with Crippen LogP contribution >= 0.6 is 23.2 Å². The van der Waals surface area contributed by atoms with E-state index in [-0.39, 0.29) is 6.04 Å². The largest absolute Gasteiger partial charge is 0.448 e. The maximum absolute atomic E-state index is 6.04. The molecule has 0 spiro atoms. The van der Waals surface area contributed by atoms with Crippen LogP contribution in [0, 0.1) is 6.92 Å². The summed E-state index contributed by atoms with van der Waals surface area (Å²) in [6.07, 6.45) is 0. The van der Waals surface area contributed by atoms with Crippen molar-refractivity contribution in [3.05, 3.63) is 57.5 Å². The number of rotatable bonds is 2. The van der Waals surface area contributed by atoms with E-state index in [1.165, 1.54) is 0 Å². The van der Waals surface area contributed by atoms with E-state index in [0.717, 1.165) is 11.1 Å². The van der Waals surface area contributed by atoms with Crippen molar-refractivity contribution in [2.75, 3.05) is 0 Å². The third-order valence-electron chi connectivity index (χ3n) is 2.46. The van der Waals surface area contributed by atoms with Gasteiger partial charge >= 0.3 is 0 Å². The van der Waals surface area contributed by atoms with Crippen LogP contribution in [0.5, 0.6) is 0 Å². The molecule has 0 fully saturated rings. The fourth-order valence-corrected chi connectivity index (χ4v) is 1.80. The third-order valence-corrected chi connectivity index (χ3v) is 3.07. The number of hydrogen-bond donors (Lipinski definition) is 1. The van der Waals surface area contributed by atoms with E-state index < -0.39 is 0 Å². The fourth-order valence-electron chi connectivity index (χ4n) is 1.46. The van der Waals surface area contributed by atoms with Crippen LogP contribution in [0.1, 0.15) is 22.9 Å². The molecule has 0 aliphatic carbocycles. The molecule has 1 atom stereocenters. The Balaban J connectivity index is 2.33. The van der Waals surface area contributed by atoms with Gasteiger partial charge in [0.25, 0.3) is 0 Å². The van der Waals surface area contributed by atoms with E-state index >= 15 is 0 Å². The molecule has 0 aliphatic heterocycles. The summed E-state index contributed by atoms with van der Waals surface area (Å²) in [5.41, 5.74) is 7.97. The monoisotopic (exact) mass is 255 g/mol. The topological polar surface area (TPSA) is 39.2 Å². The Bertz CT molecular complexity index is 507. The summed E-state index contributed by atoms with van der Waals surface area (Å²) in [5, 5.41) is 1.04. The van der Waals surface area contributed by atoms with Crippen molar-refractivity contribution in [3.63, 3.8) is 0 Å². The zero-order valence-corrected chi connectivity index (χ0v) is 10.2. The predicted octanol–water partition coefficient (Wildman–Crippen LogP) is 3.94. The zero-order valence-electron chi connectivity index (χ0n) is 8.71. The number of nitrogens with two attached hydrogens (primary N) is 1. The van der Waals surface area contributed by atoms with Crippen molar-refractivity contribution in [2.24, 2.45) is 5.73 Å². The molecular weight excluding hydrogens is 245 g/mol. The Morgan fingerprint density at radius 2 is 1.94 bits per heavy atom. The smallest absolute Gasteiger partial charge is 0.193 e. The summed E-state index contributed by atoms with van der Waals surface area (Å²) in [4.78, 5) is 0. The number of halogens is 2. The second-order valence-electron chi connectivity index (χ2n) is 3.63. The van der Waals surface area contributed by atoms with Gasteiger partial charge in [0, 0.05) is 5.02 Å². The molecule has 2 rings (SSSR count). The molecule has 16 heavy (non-hydrogen) atoms. The Morgan fingerprint density at radius 1 is 1.19 bits per heavy atom. The molecular formula is C12H11Cl2NO. The highest BCUT2D eigenvalue weighted by Crippen LogP contribution is 2.26. The van der Waals surface area contributed by atoms with Crippen molar-refractivity contribution in [3.8, 4) is 0 Å². The minimum atomic E-state index is -0.342. The lowest BCUT2D eigenvalue weighted by molar-refractivity contribution is 0.491. The van der Waals surface area contributed by atoms with Crippen LogP contribution in [-0.4, -0.2) is 0 Å². The van der Waals surface area contributed by atoms with Crippen molar-refractivity contribution >= 4 is 23.2 Å². The second kappa shape index (κ2) is 4.50. The number of benzene rings is 1.